The predicted molar refractivity (Wildman–Crippen MR) is 90.4 cm³/mol. The summed E-state index contributed by atoms with van der Waals surface area (Å²) in [5.74, 6) is 0.796. The van der Waals surface area contributed by atoms with E-state index in [0.29, 0.717) is 5.01 Å². The van der Waals surface area contributed by atoms with Crippen LogP contribution in [0.2, 0.25) is 0 Å². The molecule has 0 saturated carbocycles. The predicted octanol–water partition coefficient (Wildman–Crippen LogP) is 1.87. The highest BCUT2D eigenvalue weighted by Crippen LogP contribution is 2.33. The quantitative estimate of drug-likeness (QED) is 0.677. The number of hydrogen-bond donors (Lipinski definition) is 0. The van der Waals surface area contributed by atoms with E-state index in [4.69, 9.17) is 7.85 Å². The second kappa shape index (κ2) is 5.49. The second-order valence-electron chi connectivity index (χ2n) is 5.79. The van der Waals surface area contributed by atoms with Crippen LogP contribution in [0.3, 0.4) is 0 Å². The molecular formula is C16H15BN4OS. The van der Waals surface area contributed by atoms with Gasteiger partial charge in [0.25, 0.3) is 5.91 Å². The summed E-state index contributed by atoms with van der Waals surface area (Å²) < 4.78 is 1.73. The van der Waals surface area contributed by atoms with Crippen LogP contribution in [0.4, 0.5) is 0 Å². The fourth-order valence-corrected chi connectivity index (χ4v) is 3.99. The van der Waals surface area contributed by atoms with E-state index in [9.17, 15) is 4.79 Å². The van der Waals surface area contributed by atoms with E-state index in [1.54, 1.807) is 10.7 Å². The van der Waals surface area contributed by atoms with Crippen molar-refractivity contribution in [3.05, 3.63) is 46.9 Å². The molecule has 2 aromatic heterocycles. The Kier molecular flexibility index (Phi) is 3.45. The van der Waals surface area contributed by atoms with E-state index in [1.807, 2.05) is 36.1 Å². The van der Waals surface area contributed by atoms with Gasteiger partial charge in [-0.15, -0.1) is 5.10 Å². The first-order valence-electron chi connectivity index (χ1n) is 7.61. The van der Waals surface area contributed by atoms with Gasteiger partial charge in [0.05, 0.1) is 12.2 Å². The Hall–Kier alpha value is -2.15. The molecule has 2 radical (unpaired) electrons. The van der Waals surface area contributed by atoms with Gasteiger partial charge in [-0.3, -0.25) is 4.79 Å². The smallest absolute Gasteiger partial charge is 0.285 e. The summed E-state index contributed by atoms with van der Waals surface area (Å²) in [6.45, 7) is 2.65. The highest BCUT2D eigenvalue weighted by atomic mass is 32.1. The van der Waals surface area contributed by atoms with Crippen molar-refractivity contribution < 1.29 is 4.79 Å². The zero-order chi connectivity index (χ0) is 16.0. The Labute approximate surface area is 139 Å². The third-order valence-corrected chi connectivity index (χ3v) is 5.22. The van der Waals surface area contributed by atoms with Crippen LogP contribution in [0.1, 0.15) is 40.1 Å². The summed E-state index contributed by atoms with van der Waals surface area (Å²) in [7, 11) is 5.76. The lowest BCUT2D eigenvalue weighted by Gasteiger charge is -2.24. The van der Waals surface area contributed by atoms with Crippen LogP contribution in [-0.2, 0) is 0 Å². The van der Waals surface area contributed by atoms with E-state index in [-0.39, 0.29) is 11.9 Å². The van der Waals surface area contributed by atoms with Gasteiger partial charge in [0.2, 0.25) is 5.01 Å². The number of benzene rings is 1. The molecule has 1 unspecified atom stereocenters. The molecule has 5 nitrogen and oxygen atoms in total. The number of aromatic nitrogens is 3. The molecule has 4 rings (SSSR count). The molecule has 3 heterocycles. The van der Waals surface area contributed by atoms with Crippen LogP contribution >= 0.6 is 11.3 Å². The normalized spacial score (nSPS) is 18.0. The van der Waals surface area contributed by atoms with Crippen LogP contribution in [0, 0.1) is 6.92 Å². The zero-order valence-corrected chi connectivity index (χ0v) is 13.6. The second-order valence-corrected chi connectivity index (χ2v) is 6.80. The topological polar surface area (TPSA) is 50.5 Å². The van der Waals surface area contributed by atoms with Crippen molar-refractivity contribution in [3.8, 4) is 0 Å². The largest absolute Gasteiger partial charge is 0.329 e. The van der Waals surface area contributed by atoms with Gasteiger partial charge < -0.3 is 4.90 Å². The third-order valence-electron chi connectivity index (χ3n) is 4.29. The number of hydrogen-bond acceptors (Lipinski definition) is 4. The lowest BCUT2D eigenvalue weighted by Crippen LogP contribution is -2.30. The monoisotopic (exact) mass is 322 g/mol. The van der Waals surface area contributed by atoms with E-state index in [2.05, 4.69) is 10.1 Å². The van der Waals surface area contributed by atoms with Gasteiger partial charge >= 0.3 is 0 Å². The molecule has 1 aromatic carbocycles. The van der Waals surface area contributed by atoms with E-state index in [1.165, 1.54) is 11.3 Å². The molecule has 1 fully saturated rings. The van der Waals surface area contributed by atoms with Gasteiger partial charge in [0.1, 0.15) is 18.5 Å². The molecule has 0 bridgehead atoms. The lowest BCUT2D eigenvalue weighted by atomic mass is 9.93. The summed E-state index contributed by atoms with van der Waals surface area (Å²) in [6.07, 6.45) is 3.73. The molecule has 1 saturated heterocycles. The molecule has 1 aliphatic rings. The molecule has 1 atom stereocenters. The first-order valence-corrected chi connectivity index (χ1v) is 8.43. The fraction of sp³-hybridized carbons (Fsp3) is 0.312. The molecule has 7 heteroatoms. The number of carbonyl (C=O) groups is 1. The molecule has 23 heavy (non-hydrogen) atoms. The Bertz CT molecular complexity index is 870. The molecule has 0 N–H and O–H groups in total. The van der Waals surface area contributed by atoms with Crippen LogP contribution in [-0.4, -0.2) is 39.8 Å². The maximum absolute atomic E-state index is 12.9. The molecular weight excluding hydrogens is 307 g/mol. The van der Waals surface area contributed by atoms with Crippen LogP contribution in [0.25, 0.3) is 4.83 Å². The average Bonchev–Trinajstić information content (AvgIpc) is 3.25. The van der Waals surface area contributed by atoms with Gasteiger partial charge in [0, 0.05) is 6.54 Å². The summed E-state index contributed by atoms with van der Waals surface area (Å²) >= 11 is 1.39. The SMILES string of the molecule is [B]c1ccc(C2CCCN2C(=O)c2nn3c(C)ncc3s2)cc1. The molecule has 1 aliphatic heterocycles. The van der Waals surface area contributed by atoms with Gasteiger partial charge in [-0.1, -0.05) is 41.1 Å². The number of likely N-dealkylation sites (tertiary alicyclic amines) is 1. The van der Waals surface area contributed by atoms with Crippen molar-refractivity contribution in [2.45, 2.75) is 25.8 Å². The minimum Gasteiger partial charge on any atom is -0.329 e. The van der Waals surface area contributed by atoms with E-state index < -0.39 is 0 Å². The molecule has 0 aliphatic carbocycles. The number of carbonyl (C=O) groups excluding carboxylic acids is 1. The van der Waals surface area contributed by atoms with Gasteiger partial charge in [-0.25, -0.2) is 9.50 Å². The zero-order valence-electron chi connectivity index (χ0n) is 12.8. The highest BCUT2D eigenvalue weighted by Gasteiger charge is 2.32. The Morgan fingerprint density at radius 3 is 2.87 bits per heavy atom. The average molecular weight is 322 g/mol. The van der Waals surface area contributed by atoms with Crippen molar-refractivity contribution in [1.29, 1.82) is 0 Å². The number of rotatable bonds is 2. The number of amides is 1. The standard InChI is InChI=1S/C16H15BN4OS/c1-10-18-9-14-21(10)19-15(23-14)16(22)20-8-2-3-13(20)11-4-6-12(17)7-5-11/h4-7,9,13H,2-3,8H2,1H3. The summed E-state index contributed by atoms with van der Waals surface area (Å²) in [5.41, 5.74) is 1.87. The maximum Gasteiger partial charge on any atom is 0.285 e. The van der Waals surface area contributed by atoms with Gasteiger partial charge in [0.15, 0.2) is 0 Å². The van der Waals surface area contributed by atoms with Crippen molar-refractivity contribution in [2.75, 3.05) is 6.54 Å². The molecule has 3 aromatic rings. The van der Waals surface area contributed by atoms with E-state index >= 15 is 0 Å². The number of imidazole rings is 1. The van der Waals surface area contributed by atoms with Crippen molar-refractivity contribution in [1.82, 2.24) is 19.5 Å². The Morgan fingerprint density at radius 1 is 1.35 bits per heavy atom. The fourth-order valence-electron chi connectivity index (χ4n) is 3.10. The molecule has 114 valence electrons. The Balaban J connectivity index is 1.64. The van der Waals surface area contributed by atoms with Crippen molar-refractivity contribution >= 4 is 35.4 Å². The number of nitrogens with zero attached hydrogens (tertiary/aromatic N) is 4. The minimum atomic E-state index is -0.00238. The van der Waals surface area contributed by atoms with E-state index in [0.717, 1.165) is 41.1 Å². The summed E-state index contributed by atoms with van der Waals surface area (Å²) in [6, 6.07) is 7.89. The van der Waals surface area contributed by atoms with Crippen molar-refractivity contribution in [3.63, 3.8) is 0 Å². The first-order chi connectivity index (χ1) is 11.1. The first kappa shape index (κ1) is 14.4. The van der Waals surface area contributed by atoms with Gasteiger partial charge in [-0.05, 0) is 25.3 Å². The third kappa shape index (κ3) is 2.45. The molecule has 0 spiro atoms. The summed E-state index contributed by atoms with van der Waals surface area (Å²) in [4.78, 5) is 19.9. The Morgan fingerprint density at radius 2 is 2.13 bits per heavy atom. The van der Waals surface area contributed by atoms with Crippen LogP contribution in [0.15, 0.2) is 30.5 Å². The summed E-state index contributed by atoms with van der Waals surface area (Å²) in [5, 5.41) is 4.94. The highest BCUT2D eigenvalue weighted by molar-refractivity contribution is 7.18. The van der Waals surface area contributed by atoms with Crippen LogP contribution in [0.5, 0.6) is 0 Å². The van der Waals surface area contributed by atoms with Crippen LogP contribution < -0.4 is 5.46 Å². The number of fused-ring (bicyclic) bond motifs is 1. The maximum atomic E-state index is 12.9. The van der Waals surface area contributed by atoms with Gasteiger partial charge in [-0.2, -0.15) is 0 Å². The number of aryl methyl sites for hydroxylation is 1. The minimum absolute atomic E-state index is 0.00238. The lowest BCUT2D eigenvalue weighted by molar-refractivity contribution is 0.0734. The van der Waals surface area contributed by atoms with Crippen molar-refractivity contribution in [2.24, 2.45) is 0 Å². The molecule has 1 amide bonds.